The summed E-state index contributed by atoms with van der Waals surface area (Å²) < 4.78 is 0.890. The summed E-state index contributed by atoms with van der Waals surface area (Å²) in [6.07, 6.45) is 0. The average molecular weight is 353 g/mol. The number of hydrogen-bond acceptors (Lipinski definition) is 1. The quantitative estimate of drug-likeness (QED) is 0.525. The van der Waals surface area contributed by atoms with Crippen molar-refractivity contribution in [2.75, 3.05) is 0 Å². The van der Waals surface area contributed by atoms with E-state index in [0.29, 0.717) is 10.0 Å². The fraction of sp³-hybridized carbons (Fsp3) is 0. The van der Waals surface area contributed by atoms with Crippen molar-refractivity contribution in [2.24, 2.45) is 0 Å². The Kier molecular flexibility index (Phi) is 3.48. The first-order valence-electron chi connectivity index (χ1n) is 5.66. The predicted octanol–water partition coefficient (Wildman–Crippen LogP) is 5.97. The normalized spacial score (nSPS) is 10.9. The van der Waals surface area contributed by atoms with Crippen LogP contribution in [0, 0.1) is 0 Å². The van der Waals surface area contributed by atoms with Gasteiger partial charge in [-0.25, -0.2) is 4.98 Å². The summed E-state index contributed by atoms with van der Waals surface area (Å²) in [5.74, 6) is 0. The summed E-state index contributed by atoms with van der Waals surface area (Å²) in [6.45, 7) is 0. The third kappa shape index (κ3) is 2.48. The Bertz CT molecular complexity index is 757. The summed E-state index contributed by atoms with van der Waals surface area (Å²) >= 11 is 16.0. The molecule has 0 unspecified atom stereocenters. The fourth-order valence-corrected chi connectivity index (χ4v) is 3.07. The highest BCUT2D eigenvalue weighted by molar-refractivity contribution is 9.10. The molecule has 0 aliphatic heterocycles. The second-order valence-electron chi connectivity index (χ2n) is 4.14. The molecule has 0 N–H and O–H groups in total. The number of halogens is 3. The third-order valence-corrected chi connectivity index (χ3v) is 3.91. The lowest BCUT2D eigenvalue weighted by molar-refractivity contribution is 1.40. The van der Waals surface area contributed by atoms with Gasteiger partial charge in [0, 0.05) is 15.4 Å². The summed E-state index contributed by atoms with van der Waals surface area (Å²) in [5.41, 5.74) is 2.56. The molecule has 0 aliphatic carbocycles. The number of hydrogen-bond donors (Lipinski definition) is 0. The minimum absolute atomic E-state index is 0.587. The van der Waals surface area contributed by atoms with Crippen LogP contribution < -0.4 is 0 Å². The molecule has 19 heavy (non-hydrogen) atoms. The molecule has 1 nitrogen and oxygen atoms in total. The molecule has 1 heterocycles. The van der Waals surface area contributed by atoms with E-state index in [-0.39, 0.29) is 0 Å². The van der Waals surface area contributed by atoms with Gasteiger partial charge >= 0.3 is 0 Å². The van der Waals surface area contributed by atoms with Crippen LogP contribution in [0.4, 0.5) is 0 Å². The van der Waals surface area contributed by atoms with E-state index >= 15 is 0 Å². The van der Waals surface area contributed by atoms with Crippen molar-refractivity contribution in [3.05, 3.63) is 63.0 Å². The molecular weight excluding hydrogens is 345 g/mol. The molecule has 1 aromatic heterocycles. The monoisotopic (exact) mass is 351 g/mol. The molecule has 0 saturated carbocycles. The van der Waals surface area contributed by atoms with E-state index in [0.717, 1.165) is 26.6 Å². The standard InChI is InChI=1S/C15H8BrCl2N/c16-10-6-11-12(17)8-14(9-4-2-1-3-5-9)19-15(11)13(18)7-10/h1-8H. The first-order chi connectivity index (χ1) is 9.15. The topological polar surface area (TPSA) is 12.9 Å². The molecule has 3 aromatic rings. The van der Waals surface area contributed by atoms with Crippen molar-refractivity contribution in [2.45, 2.75) is 0 Å². The molecule has 0 aliphatic rings. The minimum Gasteiger partial charge on any atom is -0.246 e. The summed E-state index contributed by atoms with van der Waals surface area (Å²) in [5, 5.41) is 2.08. The highest BCUT2D eigenvalue weighted by Gasteiger charge is 2.09. The smallest absolute Gasteiger partial charge is 0.0911 e. The van der Waals surface area contributed by atoms with E-state index in [1.807, 2.05) is 48.5 Å². The van der Waals surface area contributed by atoms with Gasteiger partial charge in [-0.1, -0.05) is 69.5 Å². The Balaban J connectivity index is 2.31. The van der Waals surface area contributed by atoms with Gasteiger partial charge in [-0.3, -0.25) is 0 Å². The van der Waals surface area contributed by atoms with Crippen LogP contribution in [0.1, 0.15) is 0 Å². The molecule has 0 radical (unpaired) electrons. The highest BCUT2D eigenvalue weighted by atomic mass is 79.9. The first-order valence-corrected chi connectivity index (χ1v) is 7.21. The zero-order valence-electron chi connectivity index (χ0n) is 9.70. The Morgan fingerprint density at radius 2 is 1.63 bits per heavy atom. The maximum atomic E-state index is 6.34. The molecule has 94 valence electrons. The van der Waals surface area contributed by atoms with E-state index in [4.69, 9.17) is 23.2 Å². The lowest BCUT2D eigenvalue weighted by Crippen LogP contribution is -1.88. The Morgan fingerprint density at radius 3 is 2.37 bits per heavy atom. The maximum absolute atomic E-state index is 6.34. The highest BCUT2D eigenvalue weighted by Crippen LogP contribution is 2.34. The molecule has 0 saturated heterocycles. The van der Waals surface area contributed by atoms with Crippen LogP contribution in [0.2, 0.25) is 10.0 Å². The molecule has 0 fully saturated rings. The summed E-state index contributed by atoms with van der Waals surface area (Å²) in [7, 11) is 0. The molecule has 3 rings (SSSR count). The predicted molar refractivity (Wildman–Crippen MR) is 84.9 cm³/mol. The molecule has 0 bridgehead atoms. The van der Waals surface area contributed by atoms with Crippen molar-refractivity contribution < 1.29 is 0 Å². The third-order valence-electron chi connectivity index (χ3n) is 2.85. The van der Waals surface area contributed by atoms with Crippen LogP contribution in [-0.4, -0.2) is 4.98 Å². The van der Waals surface area contributed by atoms with Gasteiger partial charge in [-0.2, -0.15) is 0 Å². The van der Waals surface area contributed by atoms with E-state index in [1.54, 1.807) is 0 Å². The maximum Gasteiger partial charge on any atom is 0.0911 e. The molecule has 0 amide bonds. The van der Waals surface area contributed by atoms with Gasteiger partial charge in [-0.05, 0) is 18.2 Å². The first kappa shape index (κ1) is 12.9. The summed E-state index contributed by atoms with van der Waals surface area (Å²) in [4.78, 5) is 4.61. The van der Waals surface area contributed by atoms with Crippen LogP contribution >= 0.6 is 39.1 Å². The van der Waals surface area contributed by atoms with Crippen molar-refractivity contribution in [3.63, 3.8) is 0 Å². The van der Waals surface area contributed by atoms with Crippen molar-refractivity contribution >= 4 is 50.0 Å². The Labute approximate surface area is 129 Å². The molecule has 2 aromatic carbocycles. The van der Waals surface area contributed by atoms with Crippen molar-refractivity contribution in [1.82, 2.24) is 4.98 Å². The molecule has 4 heteroatoms. The van der Waals surface area contributed by atoms with Gasteiger partial charge in [0.05, 0.1) is 21.3 Å². The number of aromatic nitrogens is 1. The average Bonchev–Trinajstić information content (AvgIpc) is 2.41. The van der Waals surface area contributed by atoms with Crippen LogP contribution in [0.15, 0.2) is 53.0 Å². The van der Waals surface area contributed by atoms with Crippen LogP contribution in [0.5, 0.6) is 0 Å². The number of fused-ring (bicyclic) bond motifs is 1. The Hall–Kier alpha value is -1.09. The van der Waals surface area contributed by atoms with E-state index < -0.39 is 0 Å². The molecule has 0 spiro atoms. The minimum atomic E-state index is 0.587. The zero-order valence-corrected chi connectivity index (χ0v) is 12.8. The zero-order chi connectivity index (χ0) is 13.4. The van der Waals surface area contributed by atoms with Gasteiger partial charge in [0.25, 0.3) is 0 Å². The van der Waals surface area contributed by atoms with Crippen LogP contribution in [-0.2, 0) is 0 Å². The van der Waals surface area contributed by atoms with E-state index in [9.17, 15) is 0 Å². The van der Waals surface area contributed by atoms with Gasteiger partial charge < -0.3 is 0 Å². The lowest BCUT2D eigenvalue weighted by Gasteiger charge is -2.07. The SMILES string of the molecule is Clc1cc(-c2ccccc2)nc2c(Cl)cc(Br)cc12. The fourth-order valence-electron chi connectivity index (χ4n) is 1.97. The molecule has 0 atom stereocenters. The van der Waals surface area contributed by atoms with Crippen molar-refractivity contribution in [1.29, 1.82) is 0 Å². The van der Waals surface area contributed by atoms with Crippen LogP contribution in [0.25, 0.3) is 22.2 Å². The lowest BCUT2D eigenvalue weighted by atomic mass is 10.1. The van der Waals surface area contributed by atoms with Gasteiger partial charge in [0.1, 0.15) is 0 Å². The van der Waals surface area contributed by atoms with Gasteiger partial charge in [-0.15, -0.1) is 0 Å². The van der Waals surface area contributed by atoms with E-state index in [2.05, 4.69) is 20.9 Å². The Morgan fingerprint density at radius 1 is 0.895 bits per heavy atom. The van der Waals surface area contributed by atoms with Crippen molar-refractivity contribution in [3.8, 4) is 11.3 Å². The summed E-state index contributed by atoms with van der Waals surface area (Å²) in [6, 6.07) is 15.5. The van der Waals surface area contributed by atoms with Gasteiger partial charge in [0.2, 0.25) is 0 Å². The second kappa shape index (κ2) is 5.12. The molecular formula is C15H8BrCl2N. The van der Waals surface area contributed by atoms with Gasteiger partial charge in [0.15, 0.2) is 0 Å². The largest absolute Gasteiger partial charge is 0.246 e. The van der Waals surface area contributed by atoms with Crippen LogP contribution in [0.3, 0.4) is 0 Å². The second-order valence-corrected chi connectivity index (χ2v) is 5.87. The number of pyridine rings is 1. The number of nitrogens with zero attached hydrogens (tertiary/aromatic N) is 1. The van der Waals surface area contributed by atoms with E-state index in [1.165, 1.54) is 0 Å². The number of benzene rings is 2. The number of rotatable bonds is 1.